The molecule has 0 aliphatic carbocycles. The Balaban J connectivity index is 0.000000980. The number of piperidine rings is 1. The van der Waals surface area contributed by atoms with E-state index in [0.29, 0.717) is 12.8 Å². The highest BCUT2D eigenvalue weighted by molar-refractivity contribution is 6.07. The Morgan fingerprint density at radius 3 is 2.29 bits per heavy atom. The van der Waals surface area contributed by atoms with Crippen molar-refractivity contribution in [2.45, 2.75) is 18.4 Å². The molecule has 2 heterocycles. The first-order valence-electron chi connectivity index (χ1n) is 4.45. The van der Waals surface area contributed by atoms with Crippen LogP contribution < -0.4 is 10.6 Å². The zero-order valence-electron chi connectivity index (χ0n) is 8.09. The summed E-state index contributed by atoms with van der Waals surface area (Å²) in [5.74, 6) is -0.161. The minimum absolute atomic E-state index is 0. The lowest BCUT2D eigenvalue weighted by Crippen LogP contribution is -2.54. The normalized spacial score (nSPS) is 25.5. The minimum atomic E-state index is -0.608. The van der Waals surface area contributed by atoms with Crippen molar-refractivity contribution in [1.82, 2.24) is 15.5 Å². The molecular weight excluding hydrogens is 186 g/mol. The maximum Gasteiger partial charge on any atom is 0.322 e. The van der Waals surface area contributed by atoms with Crippen LogP contribution in [0.25, 0.3) is 0 Å². The van der Waals surface area contributed by atoms with E-state index in [-0.39, 0.29) is 17.4 Å². The van der Waals surface area contributed by atoms with Gasteiger partial charge in [0, 0.05) is 13.1 Å². The summed E-state index contributed by atoms with van der Waals surface area (Å²) in [6.07, 6.45) is 1.42. The molecule has 6 nitrogen and oxygen atoms in total. The predicted molar refractivity (Wildman–Crippen MR) is 49.8 cm³/mol. The molecule has 2 rings (SSSR count). The lowest BCUT2D eigenvalue weighted by atomic mass is 9.88. The summed E-state index contributed by atoms with van der Waals surface area (Å²) in [4.78, 5) is 24.6. The average molecular weight is 201 g/mol. The predicted octanol–water partition coefficient (Wildman–Crippen LogP) is -1.53. The van der Waals surface area contributed by atoms with Gasteiger partial charge in [0.25, 0.3) is 5.91 Å². The van der Waals surface area contributed by atoms with Crippen LogP contribution in [0.15, 0.2) is 0 Å². The SMILES string of the molecule is CN1CCC2(CC1)NC(=O)NC2=O.O. The second-order valence-electron chi connectivity index (χ2n) is 3.79. The quantitative estimate of drug-likeness (QED) is 0.465. The van der Waals surface area contributed by atoms with Gasteiger partial charge in [0.15, 0.2) is 0 Å². The van der Waals surface area contributed by atoms with E-state index in [1.165, 1.54) is 0 Å². The van der Waals surface area contributed by atoms with Crippen LogP contribution in [-0.4, -0.2) is 48.0 Å². The third-order valence-corrected chi connectivity index (χ3v) is 2.86. The van der Waals surface area contributed by atoms with Crippen molar-refractivity contribution in [3.8, 4) is 0 Å². The van der Waals surface area contributed by atoms with Crippen LogP contribution in [0.4, 0.5) is 4.79 Å². The van der Waals surface area contributed by atoms with Crippen LogP contribution in [-0.2, 0) is 4.79 Å². The molecular formula is C8H15N3O3. The third kappa shape index (κ3) is 1.58. The molecule has 0 unspecified atom stereocenters. The van der Waals surface area contributed by atoms with Crippen molar-refractivity contribution in [1.29, 1.82) is 0 Å². The van der Waals surface area contributed by atoms with Gasteiger partial charge in [-0.1, -0.05) is 0 Å². The van der Waals surface area contributed by atoms with E-state index in [1.54, 1.807) is 0 Å². The Bertz CT molecular complexity index is 259. The summed E-state index contributed by atoms with van der Waals surface area (Å²) in [6, 6.07) is -0.352. The highest BCUT2D eigenvalue weighted by Gasteiger charge is 2.47. The second-order valence-corrected chi connectivity index (χ2v) is 3.79. The Morgan fingerprint density at radius 2 is 1.86 bits per heavy atom. The number of likely N-dealkylation sites (tertiary alicyclic amines) is 1. The number of carbonyl (C=O) groups excluding carboxylic acids is 2. The first kappa shape index (κ1) is 10.9. The van der Waals surface area contributed by atoms with Crippen molar-refractivity contribution in [2.24, 2.45) is 0 Å². The lowest BCUT2D eigenvalue weighted by Gasteiger charge is -2.34. The average Bonchev–Trinajstić information content (AvgIpc) is 2.34. The maximum atomic E-state index is 11.5. The van der Waals surface area contributed by atoms with E-state index < -0.39 is 5.54 Å². The van der Waals surface area contributed by atoms with Gasteiger partial charge in [-0.05, 0) is 19.9 Å². The molecule has 0 bridgehead atoms. The minimum Gasteiger partial charge on any atom is -0.412 e. The van der Waals surface area contributed by atoms with E-state index in [4.69, 9.17) is 0 Å². The molecule has 2 fully saturated rings. The molecule has 0 aromatic heterocycles. The fourth-order valence-corrected chi connectivity index (χ4v) is 1.88. The van der Waals surface area contributed by atoms with Gasteiger partial charge < -0.3 is 15.7 Å². The largest absolute Gasteiger partial charge is 0.412 e. The van der Waals surface area contributed by atoms with Crippen molar-refractivity contribution in [3.05, 3.63) is 0 Å². The number of hydrogen-bond donors (Lipinski definition) is 2. The number of nitrogens with zero attached hydrogens (tertiary/aromatic N) is 1. The molecule has 0 radical (unpaired) electrons. The van der Waals surface area contributed by atoms with Gasteiger partial charge in [-0.2, -0.15) is 0 Å². The van der Waals surface area contributed by atoms with Gasteiger partial charge in [0.2, 0.25) is 0 Å². The zero-order valence-corrected chi connectivity index (χ0v) is 8.09. The summed E-state index contributed by atoms with van der Waals surface area (Å²) in [5.41, 5.74) is -0.608. The van der Waals surface area contributed by atoms with E-state index in [9.17, 15) is 9.59 Å². The Labute approximate surface area is 81.9 Å². The zero-order chi connectivity index (χ0) is 9.47. The van der Waals surface area contributed by atoms with E-state index in [1.807, 2.05) is 7.05 Å². The van der Waals surface area contributed by atoms with Gasteiger partial charge in [-0.3, -0.25) is 10.1 Å². The molecule has 2 aliphatic rings. The van der Waals surface area contributed by atoms with Gasteiger partial charge in [-0.15, -0.1) is 0 Å². The Hall–Kier alpha value is -1.14. The number of hydrogen-bond acceptors (Lipinski definition) is 3. The fourth-order valence-electron chi connectivity index (χ4n) is 1.88. The highest BCUT2D eigenvalue weighted by Crippen LogP contribution is 2.24. The van der Waals surface area contributed by atoms with E-state index in [0.717, 1.165) is 13.1 Å². The number of imide groups is 1. The molecule has 80 valence electrons. The summed E-state index contributed by atoms with van der Waals surface area (Å²) in [5, 5.41) is 5.00. The molecule has 0 aromatic rings. The Morgan fingerprint density at radius 1 is 1.29 bits per heavy atom. The molecule has 2 saturated heterocycles. The number of rotatable bonds is 0. The summed E-state index contributed by atoms with van der Waals surface area (Å²) in [6.45, 7) is 1.71. The standard InChI is InChI=1S/C8H13N3O2.H2O/c1-11-4-2-8(3-5-11)6(12)9-7(13)10-8;/h2-5H2,1H3,(H2,9,10,12,13);1H2. The fraction of sp³-hybridized carbons (Fsp3) is 0.750. The van der Waals surface area contributed by atoms with Crippen LogP contribution in [0, 0.1) is 0 Å². The maximum absolute atomic E-state index is 11.5. The van der Waals surface area contributed by atoms with Crippen LogP contribution in [0.5, 0.6) is 0 Å². The topological polar surface area (TPSA) is 92.9 Å². The van der Waals surface area contributed by atoms with Crippen molar-refractivity contribution >= 4 is 11.9 Å². The van der Waals surface area contributed by atoms with Gasteiger partial charge in [0.05, 0.1) is 0 Å². The van der Waals surface area contributed by atoms with Crippen molar-refractivity contribution in [2.75, 3.05) is 20.1 Å². The first-order chi connectivity index (χ1) is 6.12. The summed E-state index contributed by atoms with van der Waals surface area (Å²) >= 11 is 0. The van der Waals surface area contributed by atoms with E-state index >= 15 is 0 Å². The molecule has 0 atom stereocenters. The lowest BCUT2D eigenvalue weighted by molar-refractivity contribution is -0.125. The second kappa shape index (κ2) is 3.55. The molecule has 6 heteroatoms. The molecule has 14 heavy (non-hydrogen) atoms. The molecule has 0 saturated carbocycles. The highest BCUT2D eigenvalue weighted by atomic mass is 16.2. The van der Waals surface area contributed by atoms with Crippen LogP contribution in [0.3, 0.4) is 0 Å². The number of carbonyl (C=O) groups is 2. The van der Waals surface area contributed by atoms with Gasteiger partial charge >= 0.3 is 6.03 Å². The number of amides is 3. The summed E-state index contributed by atoms with van der Waals surface area (Å²) in [7, 11) is 2.02. The third-order valence-electron chi connectivity index (χ3n) is 2.86. The molecule has 0 aromatic carbocycles. The van der Waals surface area contributed by atoms with Crippen LogP contribution in [0.1, 0.15) is 12.8 Å². The van der Waals surface area contributed by atoms with Crippen LogP contribution in [0.2, 0.25) is 0 Å². The monoisotopic (exact) mass is 201 g/mol. The van der Waals surface area contributed by atoms with Crippen LogP contribution >= 0.6 is 0 Å². The molecule has 2 aliphatic heterocycles. The van der Waals surface area contributed by atoms with Crippen molar-refractivity contribution < 1.29 is 15.1 Å². The Kier molecular flexibility index (Phi) is 2.77. The molecule has 1 spiro atoms. The smallest absolute Gasteiger partial charge is 0.322 e. The van der Waals surface area contributed by atoms with E-state index in [2.05, 4.69) is 15.5 Å². The van der Waals surface area contributed by atoms with Crippen molar-refractivity contribution in [3.63, 3.8) is 0 Å². The molecule has 3 amide bonds. The molecule has 4 N–H and O–H groups in total. The van der Waals surface area contributed by atoms with Gasteiger partial charge in [-0.25, -0.2) is 4.79 Å². The number of nitrogens with one attached hydrogen (secondary N) is 2. The summed E-state index contributed by atoms with van der Waals surface area (Å²) < 4.78 is 0. The first-order valence-corrected chi connectivity index (χ1v) is 4.45. The number of urea groups is 1. The van der Waals surface area contributed by atoms with Gasteiger partial charge in [0.1, 0.15) is 5.54 Å².